The van der Waals surface area contributed by atoms with E-state index in [9.17, 15) is 0 Å². The van der Waals surface area contributed by atoms with Crippen LogP contribution in [0.5, 0.6) is 0 Å². The third-order valence-electron chi connectivity index (χ3n) is 3.18. The fourth-order valence-corrected chi connectivity index (χ4v) is 2.23. The van der Waals surface area contributed by atoms with Crippen LogP contribution in [0.3, 0.4) is 0 Å². The molecule has 0 spiro atoms. The van der Waals surface area contributed by atoms with Crippen LogP contribution in [0.1, 0.15) is 0 Å². The van der Waals surface area contributed by atoms with Crippen LogP contribution >= 0.6 is 0 Å². The van der Waals surface area contributed by atoms with Crippen molar-refractivity contribution in [1.82, 2.24) is 0 Å². The van der Waals surface area contributed by atoms with Crippen LogP contribution in [-0.4, -0.2) is 28.2 Å². The first-order chi connectivity index (χ1) is 8.43. The Balaban J connectivity index is 2.81. The molecular weight excluding hydrogens is 224 g/mol. The zero-order chi connectivity index (χ0) is 13.4. The van der Waals surface area contributed by atoms with Gasteiger partial charge in [0.05, 0.1) is 22.7 Å². The lowest BCUT2D eigenvalue weighted by molar-refractivity contribution is 1.13. The van der Waals surface area contributed by atoms with Crippen molar-refractivity contribution in [1.29, 1.82) is 0 Å². The van der Waals surface area contributed by atoms with E-state index in [0.29, 0.717) is 0 Å². The molecule has 0 amide bonds. The lowest BCUT2D eigenvalue weighted by Gasteiger charge is -2.21. The fourth-order valence-electron chi connectivity index (χ4n) is 2.23. The first kappa shape index (κ1) is 12.4. The van der Waals surface area contributed by atoms with E-state index in [1.165, 1.54) is 0 Å². The molecule has 0 atom stereocenters. The number of hydrogen-bond acceptors (Lipinski definition) is 4. The first-order valence-corrected chi connectivity index (χ1v) is 5.88. The van der Waals surface area contributed by atoms with Gasteiger partial charge in [-0.2, -0.15) is 0 Å². The highest BCUT2D eigenvalue weighted by molar-refractivity contribution is 6.09. The number of nitrogen functional groups attached to an aromatic ring is 2. The molecule has 0 unspecified atom stereocenters. The summed E-state index contributed by atoms with van der Waals surface area (Å²) < 4.78 is 0. The molecule has 4 N–H and O–H groups in total. The van der Waals surface area contributed by atoms with Crippen molar-refractivity contribution in [3.05, 3.63) is 24.3 Å². The lowest BCUT2D eigenvalue weighted by atomic mass is 10.0. The van der Waals surface area contributed by atoms with Crippen LogP contribution in [0.2, 0.25) is 0 Å². The molecule has 0 saturated heterocycles. The Labute approximate surface area is 108 Å². The van der Waals surface area contributed by atoms with E-state index in [4.69, 9.17) is 11.5 Å². The molecule has 0 saturated carbocycles. The highest BCUT2D eigenvalue weighted by Crippen LogP contribution is 2.38. The van der Waals surface area contributed by atoms with Crippen molar-refractivity contribution >= 4 is 33.5 Å². The minimum atomic E-state index is 0.735. The molecule has 0 aromatic heterocycles. The summed E-state index contributed by atoms with van der Waals surface area (Å²) in [6, 6.07) is 8.15. The third-order valence-corrected chi connectivity index (χ3v) is 3.18. The van der Waals surface area contributed by atoms with Gasteiger partial charge in [0.1, 0.15) is 0 Å². The smallest absolute Gasteiger partial charge is 0.0653 e. The van der Waals surface area contributed by atoms with Gasteiger partial charge in [-0.15, -0.1) is 0 Å². The molecule has 0 heterocycles. The van der Waals surface area contributed by atoms with Gasteiger partial charge in [-0.25, -0.2) is 0 Å². The Morgan fingerprint density at radius 1 is 0.722 bits per heavy atom. The van der Waals surface area contributed by atoms with Crippen molar-refractivity contribution < 1.29 is 0 Å². The quantitative estimate of drug-likeness (QED) is 0.795. The number of anilines is 4. The largest absolute Gasteiger partial charge is 0.396 e. The van der Waals surface area contributed by atoms with Crippen LogP contribution in [0.15, 0.2) is 24.3 Å². The van der Waals surface area contributed by atoms with Gasteiger partial charge >= 0.3 is 0 Å². The summed E-state index contributed by atoms with van der Waals surface area (Å²) in [6.45, 7) is 0. The van der Waals surface area contributed by atoms with E-state index in [1.807, 2.05) is 50.1 Å². The summed E-state index contributed by atoms with van der Waals surface area (Å²) in [5.41, 5.74) is 16.0. The number of nitrogens with zero attached hydrogens (tertiary/aromatic N) is 2. The predicted octanol–water partition coefficient (Wildman–Crippen LogP) is 2.14. The Morgan fingerprint density at radius 3 is 1.44 bits per heavy atom. The molecule has 0 aliphatic rings. The topological polar surface area (TPSA) is 58.5 Å². The highest BCUT2D eigenvalue weighted by Gasteiger charge is 2.12. The van der Waals surface area contributed by atoms with Crippen LogP contribution in [-0.2, 0) is 0 Å². The van der Waals surface area contributed by atoms with E-state index in [1.54, 1.807) is 0 Å². The average Bonchev–Trinajstić information content (AvgIpc) is 2.28. The van der Waals surface area contributed by atoms with Crippen molar-refractivity contribution in [2.24, 2.45) is 0 Å². The number of fused-ring (bicyclic) bond motifs is 1. The van der Waals surface area contributed by atoms with Gasteiger partial charge < -0.3 is 21.3 Å². The molecule has 0 aliphatic heterocycles. The maximum atomic E-state index is 6.25. The summed E-state index contributed by atoms with van der Waals surface area (Å²) in [5.74, 6) is 0. The lowest BCUT2D eigenvalue weighted by Crippen LogP contribution is -2.13. The molecule has 18 heavy (non-hydrogen) atoms. The highest BCUT2D eigenvalue weighted by atomic mass is 15.1. The molecule has 4 heteroatoms. The summed E-state index contributed by atoms with van der Waals surface area (Å²) >= 11 is 0. The van der Waals surface area contributed by atoms with Gasteiger partial charge in [-0.1, -0.05) is 12.1 Å². The van der Waals surface area contributed by atoms with E-state index < -0.39 is 0 Å². The van der Waals surface area contributed by atoms with Gasteiger partial charge in [0, 0.05) is 33.6 Å². The SMILES string of the molecule is CN(C)c1ccc2ccc(N(C)C)c(N)c2c1N. The Morgan fingerprint density at radius 2 is 1.11 bits per heavy atom. The maximum absolute atomic E-state index is 6.25. The van der Waals surface area contributed by atoms with Crippen LogP contribution < -0.4 is 21.3 Å². The van der Waals surface area contributed by atoms with Gasteiger partial charge in [-0.3, -0.25) is 0 Å². The standard InChI is InChI=1S/C14H20N4/c1-17(2)10-7-5-9-6-8-11(18(3)4)14(16)12(9)13(10)15/h5-8H,15-16H2,1-4H3. The Bertz CT molecular complexity index is 539. The zero-order valence-corrected chi connectivity index (χ0v) is 11.4. The Hall–Kier alpha value is -2.10. The molecule has 2 aromatic carbocycles. The third kappa shape index (κ3) is 1.79. The van der Waals surface area contributed by atoms with Gasteiger partial charge in [0.25, 0.3) is 0 Å². The molecular formula is C14H20N4. The second kappa shape index (κ2) is 4.29. The average molecular weight is 244 g/mol. The Kier molecular flexibility index (Phi) is 2.95. The van der Waals surface area contributed by atoms with Gasteiger partial charge in [0.15, 0.2) is 0 Å². The summed E-state index contributed by atoms with van der Waals surface area (Å²) in [6.07, 6.45) is 0. The maximum Gasteiger partial charge on any atom is 0.0653 e. The summed E-state index contributed by atoms with van der Waals surface area (Å²) in [5, 5.41) is 2.01. The molecule has 2 aromatic rings. The molecule has 0 radical (unpaired) electrons. The van der Waals surface area contributed by atoms with Crippen LogP contribution in [0.4, 0.5) is 22.7 Å². The summed E-state index contributed by atoms with van der Waals surface area (Å²) in [4.78, 5) is 3.99. The predicted molar refractivity (Wildman–Crippen MR) is 81.4 cm³/mol. The normalized spacial score (nSPS) is 10.7. The van der Waals surface area contributed by atoms with Crippen molar-refractivity contribution in [3.63, 3.8) is 0 Å². The number of benzene rings is 2. The van der Waals surface area contributed by atoms with Crippen molar-refractivity contribution in [3.8, 4) is 0 Å². The molecule has 0 aliphatic carbocycles. The number of hydrogen-bond donors (Lipinski definition) is 2. The van der Waals surface area contributed by atoms with E-state index >= 15 is 0 Å². The van der Waals surface area contributed by atoms with Crippen molar-refractivity contribution in [2.75, 3.05) is 49.5 Å². The summed E-state index contributed by atoms with van der Waals surface area (Å²) in [7, 11) is 7.90. The van der Waals surface area contributed by atoms with Gasteiger partial charge in [-0.05, 0) is 17.5 Å². The zero-order valence-electron chi connectivity index (χ0n) is 11.4. The molecule has 0 bridgehead atoms. The number of rotatable bonds is 2. The molecule has 4 nitrogen and oxygen atoms in total. The van der Waals surface area contributed by atoms with Gasteiger partial charge in [0.2, 0.25) is 0 Å². The second-order valence-electron chi connectivity index (χ2n) is 4.88. The molecule has 96 valence electrons. The van der Waals surface area contributed by atoms with E-state index in [2.05, 4.69) is 12.1 Å². The van der Waals surface area contributed by atoms with Crippen LogP contribution in [0, 0.1) is 0 Å². The fraction of sp³-hybridized carbons (Fsp3) is 0.286. The first-order valence-electron chi connectivity index (χ1n) is 5.88. The van der Waals surface area contributed by atoms with Crippen molar-refractivity contribution in [2.45, 2.75) is 0 Å². The second-order valence-corrected chi connectivity index (χ2v) is 4.88. The minimum Gasteiger partial charge on any atom is -0.396 e. The van der Waals surface area contributed by atoms with E-state index in [0.717, 1.165) is 33.5 Å². The monoisotopic (exact) mass is 244 g/mol. The molecule has 2 rings (SSSR count). The minimum absolute atomic E-state index is 0.735. The number of nitrogens with two attached hydrogens (primary N) is 2. The van der Waals surface area contributed by atoms with E-state index in [-0.39, 0.29) is 0 Å². The van der Waals surface area contributed by atoms with Crippen LogP contribution in [0.25, 0.3) is 10.8 Å². The molecule has 0 fully saturated rings.